The van der Waals surface area contributed by atoms with Crippen molar-refractivity contribution in [2.24, 2.45) is 11.7 Å². The second-order valence-electron chi connectivity index (χ2n) is 6.78. The number of nitrogens with zero attached hydrogens (tertiary/aromatic N) is 2. The molecule has 6 heteroatoms. The molecule has 0 aromatic carbocycles. The summed E-state index contributed by atoms with van der Waals surface area (Å²) in [5, 5.41) is 9.13. The van der Waals surface area contributed by atoms with Crippen LogP contribution < -0.4 is 11.3 Å². The minimum absolute atomic E-state index is 0.0980. The molecule has 3 N–H and O–H groups in total. The van der Waals surface area contributed by atoms with Gasteiger partial charge in [0.2, 0.25) is 5.91 Å². The maximum absolute atomic E-state index is 12.6. The first-order chi connectivity index (χ1) is 11.4. The molecule has 2 atom stereocenters. The summed E-state index contributed by atoms with van der Waals surface area (Å²) in [6, 6.07) is 2.07. The number of nitriles is 1. The van der Waals surface area contributed by atoms with Gasteiger partial charge in [0.05, 0.1) is 0 Å². The largest absolute Gasteiger partial charge is 0.338 e. The van der Waals surface area contributed by atoms with Crippen molar-refractivity contribution in [2.75, 3.05) is 13.1 Å². The number of aromatic nitrogens is 1. The van der Waals surface area contributed by atoms with Crippen LogP contribution in [-0.4, -0.2) is 34.9 Å². The summed E-state index contributed by atoms with van der Waals surface area (Å²) >= 11 is 0. The summed E-state index contributed by atoms with van der Waals surface area (Å²) in [6.45, 7) is 7.02. The lowest BCUT2D eigenvalue weighted by Gasteiger charge is -2.38. The van der Waals surface area contributed by atoms with Crippen molar-refractivity contribution < 1.29 is 4.79 Å². The van der Waals surface area contributed by atoms with Crippen LogP contribution in [0.2, 0.25) is 0 Å². The van der Waals surface area contributed by atoms with Crippen LogP contribution in [0, 0.1) is 31.1 Å². The van der Waals surface area contributed by atoms with E-state index in [9.17, 15) is 9.59 Å². The van der Waals surface area contributed by atoms with Crippen molar-refractivity contribution in [2.45, 2.75) is 52.5 Å². The fourth-order valence-corrected chi connectivity index (χ4v) is 3.60. The highest BCUT2D eigenvalue weighted by atomic mass is 16.2. The molecule has 6 nitrogen and oxygen atoms in total. The number of likely N-dealkylation sites (tertiary alicyclic amines) is 1. The Bertz CT molecular complexity index is 717. The van der Waals surface area contributed by atoms with E-state index in [2.05, 4.69) is 11.9 Å². The highest BCUT2D eigenvalue weighted by Gasteiger charge is 2.28. The molecule has 2 heterocycles. The zero-order valence-electron chi connectivity index (χ0n) is 14.7. The van der Waals surface area contributed by atoms with Gasteiger partial charge in [-0.05, 0) is 50.2 Å². The highest BCUT2D eigenvalue weighted by molar-refractivity contribution is 5.77. The highest BCUT2D eigenvalue weighted by Crippen LogP contribution is 2.23. The topological polar surface area (TPSA) is 103 Å². The Labute approximate surface area is 142 Å². The summed E-state index contributed by atoms with van der Waals surface area (Å²) < 4.78 is 0. The van der Waals surface area contributed by atoms with Gasteiger partial charge < -0.3 is 15.6 Å². The van der Waals surface area contributed by atoms with Crippen molar-refractivity contribution in [1.29, 1.82) is 5.26 Å². The molecule has 0 spiro atoms. The first kappa shape index (κ1) is 18.2. The lowest BCUT2D eigenvalue weighted by Crippen LogP contribution is -2.49. The molecule has 0 radical (unpaired) electrons. The van der Waals surface area contributed by atoms with Gasteiger partial charge >= 0.3 is 0 Å². The van der Waals surface area contributed by atoms with Gasteiger partial charge in [-0.1, -0.05) is 6.92 Å². The number of carbonyl (C=O) groups excluding carboxylic acids is 1. The minimum Gasteiger partial charge on any atom is -0.338 e. The molecular weight excluding hydrogens is 304 g/mol. The fraction of sp³-hybridized carbons (Fsp3) is 0.611. The van der Waals surface area contributed by atoms with Crippen LogP contribution in [0.15, 0.2) is 4.79 Å². The van der Waals surface area contributed by atoms with Gasteiger partial charge in [0.15, 0.2) is 0 Å². The quantitative estimate of drug-likeness (QED) is 0.870. The molecule has 1 aliphatic rings. The third kappa shape index (κ3) is 3.68. The molecule has 1 fully saturated rings. The van der Waals surface area contributed by atoms with E-state index >= 15 is 0 Å². The molecule has 0 aliphatic carbocycles. The van der Waals surface area contributed by atoms with Gasteiger partial charge in [-0.2, -0.15) is 5.26 Å². The number of carbonyl (C=O) groups is 1. The zero-order chi connectivity index (χ0) is 17.9. The molecule has 130 valence electrons. The number of nitrogens with one attached hydrogen (secondary N) is 1. The first-order valence-electron chi connectivity index (χ1n) is 8.51. The third-order valence-corrected chi connectivity index (χ3v) is 5.08. The monoisotopic (exact) mass is 330 g/mol. The van der Waals surface area contributed by atoms with Crippen LogP contribution in [-0.2, 0) is 11.2 Å². The maximum Gasteiger partial charge on any atom is 0.266 e. The van der Waals surface area contributed by atoms with E-state index < -0.39 is 0 Å². The minimum atomic E-state index is -0.365. The average molecular weight is 330 g/mol. The fourth-order valence-electron chi connectivity index (χ4n) is 3.60. The lowest BCUT2D eigenvalue weighted by molar-refractivity contribution is -0.135. The second kappa shape index (κ2) is 7.63. The van der Waals surface area contributed by atoms with Crippen molar-refractivity contribution in [3.63, 3.8) is 0 Å². The van der Waals surface area contributed by atoms with E-state index in [-0.39, 0.29) is 23.1 Å². The van der Waals surface area contributed by atoms with Crippen LogP contribution in [0.3, 0.4) is 0 Å². The van der Waals surface area contributed by atoms with Crippen molar-refractivity contribution >= 4 is 5.91 Å². The number of hydrogen-bond donors (Lipinski definition) is 2. The summed E-state index contributed by atoms with van der Waals surface area (Å²) in [7, 11) is 0. The van der Waals surface area contributed by atoms with Gasteiger partial charge in [-0.3, -0.25) is 9.59 Å². The number of aromatic amines is 1. The van der Waals surface area contributed by atoms with E-state index in [0.717, 1.165) is 30.6 Å². The SMILES string of the molecule is Cc1[nH]c(=O)c(C#N)c(C)c1CCC(=O)N1CCC(C)CC1CN. The number of H-pyrrole nitrogens is 1. The Morgan fingerprint density at radius 2 is 2.17 bits per heavy atom. The number of hydrogen-bond acceptors (Lipinski definition) is 4. The molecule has 24 heavy (non-hydrogen) atoms. The summed E-state index contributed by atoms with van der Waals surface area (Å²) in [5.74, 6) is 0.699. The van der Waals surface area contributed by atoms with Crippen molar-refractivity contribution in [1.82, 2.24) is 9.88 Å². The number of amides is 1. The molecule has 1 saturated heterocycles. The Morgan fingerprint density at radius 3 is 2.79 bits per heavy atom. The number of aryl methyl sites for hydroxylation is 1. The predicted octanol–water partition coefficient (Wildman–Crippen LogP) is 1.38. The maximum atomic E-state index is 12.6. The molecule has 1 aromatic rings. The van der Waals surface area contributed by atoms with Gasteiger partial charge in [0.1, 0.15) is 11.6 Å². The van der Waals surface area contributed by atoms with Crippen molar-refractivity contribution in [3.05, 3.63) is 32.7 Å². The van der Waals surface area contributed by atoms with Gasteiger partial charge in [-0.15, -0.1) is 0 Å². The van der Waals surface area contributed by atoms with E-state index in [1.54, 1.807) is 13.8 Å². The number of nitrogens with two attached hydrogens (primary N) is 1. The standard InChI is InChI=1S/C18H26N4O2/c1-11-6-7-22(14(8-11)9-19)17(23)5-4-15-12(2)16(10-20)18(24)21-13(15)3/h11,14H,4-9,19H2,1-3H3,(H,21,24). The molecule has 1 aromatic heterocycles. The molecule has 1 aliphatic heterocycles. The van der Waals surface area contributed by atoms with E-state index in [1.807, 2.05) is 11.0 Å². The summed E-state index contributed by atoms with van der Waals surface area (Å²) in [5.41, 5.74) is 7.89. The second-order valence-corrected chi connectivity index (χ2v) is 6.78. The zero-order valence-corrected chi connectivity index (χ0v) is 14.7. The van der Waals surface area contributed by atoms with E-state index in [4.69, 9.17) is 11.0 Å². The Balaban J connectivity index is 2.12. The van der Waals surface area contributed by atoms with Crippen LogP contribution in [0.1, 0.15) is 48.6 Å². The smallest absolute Gasteiger partial charge is 0.266 e. The van der Waals surface area contributed by atoms with Crippen LogP contribution in [0.4, 0.5) is 0 Å². The summed E-state index contributed by atoms with van der Waals surface area (Å²) in [6.07, 6.45) is 2.85. The third-order valence-electron chi connectivity index (χ3n) is 5.08. The molecule has 0 bridgehead atoms. The average Bonchev–Trinajstić information content (AvgIpc) is 2.54. The van der Waals surface area contributed by atoms with Crippen LogP contribution in [0.25, 0.3) is 0 Å². The predicted molar refractivity (Wildman–Crippen MR) is 92.5 cm³/mol. The molecule has 1 amide bonds. The molecule has 0 saturated carbocycles. The molecular formula is C18H26N4O2. The number of rotatable bonds is 4. The van der Waals surface area contributed by atoms with Crippen LogP contribution >= 0.6 is 0 Å². The molecule has 2 rings (SSSR count). The van der Waals surface area contributed by atoms with E-state index in [1.165, 1.54) is 0 Å². The number of pyridine rings is 1. The normalized spacial score (nSPS) is 20.7. The summed E-state index contributed by atoms with van der Waals surface area (Å²) in [4.78, 5) is 29.0. The van der Waals surface area contributed by atoms with Gasteiger partial charge in [-0.25, -0.2) is 0 Å². The lowest BCUT2D eigenvalue weighted by atomic mass is 9.91. The Hall–Kier alpha value is -2.13. The van der Waals surface area contributed by atoms with Crippen LogP contribution in [0.5, 0.6) is 0 Å². The molecule has 2 unspecified atom stereocenters. The number of piperidine rings is 1. The van der Waals surface area contributed by atoms with Crippen molar-refractivity contribution in [3.8, 4) is 6.07 Å². The van der Waals surface area contributed by atoms with Gasteiger partial charge in [0.25, 0.3) is 5.56 Å². The Kier molecular flexibility index (Phi) is 5.79. The Morgan fingerprint density at radius 1 is 1.46 bits per heavy atom. The van der Waals surface area contributed by atoms with Gasteiger partial charge in [0, 0.05) is 31.2 Å². The van der Waals surface area contributed by atoms with E-state index in [0.29, 0.717) is 30.9 Å². The first-order valence-corrected chi connectivity index (χ1v) is 8.51.